The average Bonchev–Trinajstić information content (AvgIpc) is 2.67. The zero-order valence-corrected chi connectivity index (χ0v) is 10.3. The SMILES string of the molecule is CN1C(=O)NC(=O)/C(=C\c2ccc(Br)o2)C1=O. The molecule has 1 aliphatic heterocycles. The van der Waals surface area contributed by atoms with Crippen molar-refractivity contribution >= 4 is 39.9 Å². The summed E-state index contributed by atoms with van der Waals surface area (Å²) >= 11 is 3.10. The molecule has 6 nitrogen and oxygen atoms in total. The average molecular weight is 299 g/mol. The molecule has 0 bridgehead atoms. The van der Waals surface area contributed by atoms with Gasteiger partial charge in [-0.1, -0.05) is 0 Å². The lowest BCUT2D eigenvalue weighted by molar-refractivity contribution is -0.129. The van der Waals surface area contributed by atoms with E-state index in [2.05, 4.69) is 15.9 Å². The van der Waals surface area contributed by atoms with Gasteiger partial charge < -0.3 is 4.42 Å². The van der Waals surface area contributed by atoms with Crippen molar-refractivity contribution in [2.45, 2.75) is 0 Å². The molecule has 0 atom stereocenters. The van der Waals surface area contributed by atoms with Crippen LogP contribution in [0.2, 0.25) is 0 Å². The highest BCUT2D eigenvalue weighted by Crippen LogP contribution is 2.18. The maximum Gasteiger partial charge on any atom is 0.331 e. The lowest BCUT2D eigenvalue weighted by Crippen LogP contribution is -2.52. The Morgan fingerprint density at radius 1 is 1.35 bits per heavy atom. The van der Waals surface area contributed by atoms with Crippen LogP contribution in [-0.2, 0) is 9.59 Å². The predicted molar refractivity (Wildman–Crippen MR) is 60.7 cm³/mol. The number of halogens is 1. The number of carbonyl (C=O) groups is 3. The molecule has 0 aromatic carbocycles. The van der Waals surface area contributed by atoms with Gasteiger partial charge in [-0.25, -0.2) is 4.79 Å². The molecule has 1 fully saturated rings. The number of furan rings is 1. The summed E-state index contributed by atoms with van der Waals surface area (Å²) < 4.78 is 5.63. The number of rotatable bonds is 1. The van der Waals surface area contributed by atoms with Crippen molar-refractivity contribution in [3.05, 3.63) is 28.1 Å². The van der Waals surface area contributed by atoms with E-state index in [0.29, 0.717) is 10.4 Å². The molecule has 2 rings (SSSR count). The minimum atomic E-state index is -0.738. The molecule has 1 aromatic heterocycles. The Labute approximate surface area is 104 Å². The Bertz CT molecular complexity index is 546. The zero-order chi connectivity index (χ0) is 12.6. The van der Waals surface area contributed by atoms with Crippen molar-refractivity contribution in [1.29, 1.82) is 0 Å². The third-order valence-corrected chi connectivity index (χ3v) is 2.61. The molecule has 1 aliphatic rings. The first kappa shape index (κ1) is 11.6. The van der Waals surface area contributed by atoms with Gasteiger partial charge in [0, 0.05) is 7.05 Å². The molecular formula is C10H7BrN2O4. The van der Waals surface area contributed by atoms with E-state index in [1.807, 2.05) is 5.32 Å². The number of nitrogens with zero attached hydrogens (tertiary/aromatic N) is 1. The van der Waals surface area contributed by atoms with Crippen molar-refractivity contribution in [3.8, 4) is 0 Å². The third-order valence-electron chi connectivity index (χ3n) is 2.19. The van der Waals surface area contributed by atoms with E-state index in [1.165, 1.54) is 13.1 Å². The minimum Gasteiger partial charge on any atom is -0.450 e. The molecule has 4 amide bonds. The van der Waals surface area contributed by atoms with Gasteiger partial charge in [0.1, 0.15) is 11.3 Å². The molecule has 1 saturated heterocycles. The van der Waals surface area contributed by atoms with Crippen LogP contribution in [0.5, 0.6) is 0 Å². The predicted octanol–water partition coefficient (Wildman–Crippen LogP) is 1.13. The van der Waals surface area contributed by atoms with Crippen molar-refractivity contribution in [3.63, 3.8) is 0 Å². The Morgan fingerprint density at radius 3 is 2.65 bits per heavy atom. The number of amides is 4. The number of carbonyl (C=O) groups excluding carboxylic acids is 3. The monoisotopic (exact) mass is 298 g/mol. The van der Waals surface area contributed by atoms with E-state index >= 15 is 0 Å². The molecule has 0 radical (unpaired) electrons. The first-order valence-electron chi connectivity index (χ1n) is 4.59. The zero-order valence-electron chi connectivity index (χ0n) is 8.69. The Kier molecular flexibility index (Phi) is 2.84. The topological polar surface area (TPSA) is 79.6 Å². The summed E-state index contributed by atoms with van der Waals surface area (Å²) in [6.45, 7) is 0. The highest BCUT2D eigenvalue weighted by Gasteiger charge is 2.33. The molecule has 7 heteroatoms. The number of imide groups is 2. The summed E-state index contributed by atoms with van der Waals surface area (Å²) in [7, 11) is 1.29. The van der Waals surface area contributed by atoms with Crippen molar-refractivity contribution in [2.24, 2.45) is 0 Å². The molecule has 1 aromatic rings. The second-order valence-electron chi connectivity index (χ2n) is 3.32. The van der Waals surface area contributed by atoms with Gasteiger partial charge in [0.15, 0.2) is 4.67 Å². The lowest BCUT2D eigenvalue weighted by atomic mass is 10.1. The van der Waals surface area contributed by atoms with Crippen molar-refractivity contribution in [2.75, 3.05) is 7.05 Å². The number of nitrogens with one attached hydrogen (secondary N) is 1. The van der Waals surface area contributed by atoms with Crippen LogP contribution in [0, 0.1) is 0 Å². The van der Waals surface area contributed by atoms with Gasteiger partial charge >= 0.3 is 6.03 Å². The number of hydrogen-bond donors (Lipinski definition) is 1. The summed E-state index contributed by atoms with van der Waals surface area (Å²) in [5.41, 5.74) is -0.144. The fourth-order valence-corrected chi connectivity index (χ4v) is 1.61. The van der Waals surface area contributed by atoms with Gasteiger partial charge in [0.05, 0.1) is 0 Å². The molecule has 0 aliphatic carbocycles. The van der Waals surface area contributed by atoms with Crippen LogP contribution in [0.15, 0.2) is 26.8 Å². The maximum atomic E-state index is 11.7. The van der Waals surface area contributed by atoms with E-state index in [9.17, 15) is 14.4 Å². The molecule has 0 unspecified atom stereocenters. The molecule has 17 heavy (non-hydrogen) atoms. The van der Waals surface area contributed by atoms with E-state index in [-0.39, 0.29) is 5.57 Å². The second kappa shape index (κ2) is 4.17. The van der Waals surface area contributed by atoms with Gasteiger partial charge in [-0.3, -0.25) is 19.8 Å². The fourth-order valence-electron chi connectivity index (χ4n) is 1.29. The van der Waals surface area contributed by atoms with Crippen LogP contribution in [0.4, 0.5) is 4.79 Å². The normalized spacial score (nSPS) is 18.8. The first-order chi connectivity index (χ1) is 7.99. The second-order valence-corrected chi connectivity index (χ2v) is 4.10. The van der Waals surface area contributed by atoms with Crippen LogP contribution in [-0.4, -0.2) is 29.8 Å². The molecular weight excluding hydrogens is 292 g/mol. The largest absolute Gasteiger partial charge is 0.450 e. The summed E-state index contributed by atoms with van der Waals surface area (Å²) in [6.07, 6.45) is 1.28. The van der Waals surface area contributed by atoms with E-state index in [1.54, 1.807) is 12.1 Å². The number of urea groups is 1. The Balaban J connectivity index is 2.37. The molecule has 0 spiro atoms. The minimum absolute atomic E-state index is 0.144. The van der Waals surface area contributed by atoms with Crippen LogP contribution >= 0.6 is 15.9 Å². The van der Waals surface area contributed by atoms with Crippen LogP contribution in [0.25, 0.3) is 6.08 Å². The maximum absolute atomic E-state index is 11.7. The van der Waals surface area contributed by atoms with E-state index in [4.69, 9.17) is 4.42 Å². The summed E-state index contributed by atoms with van der Waals surface area (Å²) in [4.78, 5) is 35.1. The Hall–Kier alpha value is -1.89. The van der Waals surface area contributed by atoms with Crippen LogP contribution < -0.4 is 5.32 Å². The lowest BCUT2D eigenvalue weighted by Gasteiger charge is -2.21. The highest BCUT2D eigenvalue weighted by molar-refractivity contribution is 9.10. The van der Waals surface area contributed by atoms with Gasteiger partial charge in [0.2, 0.25) is 0 Å². The quantitative estimate of drug-likeness (QED) is 0.623. The van der Waals surface area contributed by atoms with Gasteiger partial charge in [-0.05, 0) is 34.1 Å². The van der Waals surface area contributed by atoms with Crippen LogP contribution in [0.3, 0.4) is 0 Å². The number of likely N-dealkylation sites (N-methyl/N-ethyl adjacent to an activating group) is 1. The van der Waals surface area contributed by atoms with Crippen molar-refractivity contribution < 1.29 is 18.8 Å². The molecule has 88 valence electrons. The molecule has 2 heterocycles. The van der Waals surface area contributed by atoms with Crippen LogP contribution in [0.1, 0.15) is 5.76 Å². The molecule has 0 saturated carbocycles. The fraction of sp³-hybridized carbons (Fsp3) is 0.100. The smallest absolute Gasteiger partial charge is 0.331 e. The van der Waals surface area contributed by atoms with E-state index in [0.717, 1.165) is 4.90 Å². The van der Waals surface area contributed by atoms with E-state index < -0.39 is 17.8 Å². The summed E-state index contributed by atoms with van der Waals surface area (Å²) in [5.74, 6) is -1.05. The molecule has 1 N–H and O–H groups in total. The Morgan fingerprint density at radius 2 is 2.06 bits per heavy atom. The third kappa shape index (κ3) is 2.14. The summed E-state index contributed by atoms with van der Waals surface area (Å²) in [5, 5.41) is 2.04. The highest BCUT2D eigenvalue weighted by atomic mass is 79.9. The van der Waals surface area contributed by atoms with Gasteiger partial charge in [-0.2, -0.15) is 0 Å². The van der Waals surface area contributed by atoms with Gasteiger partial charge in [-0.15, -0.1) is 0 Å². The first-order valence-corrected chi connectivity index (χ1v) is 5.39. The summed E-state index contributed by atoms with van der Waals surface area (Å²) in [6, 6.07) is 2.48. The van der Waals surface area contributed by atoms with Gasteiger partial charge in [0.25, 0.3) is 11.8 Å². The van der Waals surface area contributed by atoms with Crippen molar-refractivity contribution in [1.82, 2.24) is 10.2 Å². The number of barbiturate groups is 1. The number of hydrogen-bond acceptors (Lipinski definition) is 4. The standard InChI is InChI=1S/C10H7BrN2O4/c1-13-9(15)6(8(14)12-10(13)16)4-5-2-3-7(11)17-5/h2-4H,1H3,(H,12,14,16)/b6-4+.